The molecule has 2 heterocycles. The summed E-state index contributed by atoms with van der Waals surface area (Å²) >= 11 is 4.21. The van der Waals surface area contributed by atoms with Gasteiger partial charge in [0, 0.05) is 55.6 Å². The van der Waals surface area contributed by atoms with Crippen LogP contribution < -0.4 is 21.9 Å². The number of H-pyrrole nitrogens is 1. The molecule has 0 radical (unpaired) electrons. The normalized spacial score (nSPS) is 14.6. The number of carbonyl (C=O) groups is 3. The van der Waals surface area contributed by atoms with Crippen LogP contribution in [0.25, 0.3) is 0 Å². The van der Waals surface area contributed by atoms with Crippen molar-refractivity contribution in [3.63, 3.8) is 0 Å². The lowest BCUT2D eigenvalue weighted by Crippen LogP contribution is -2.53. The molecule has 1 atom stereocenters. The molecule has 1 aliphatic heterocycles. The van der Waals surface area contributed by atoms with Crippen molar-refractivity contribution in [2.75, 3.05) is 25.4 Å². The first-order chi connectivity index (χ1) is 16.7. The van der Waals surface area contributed by atoms with Crippen LogP contribution >= 0.6 is 12.6 Å². The maximum atomic E-state index is 13.4. The zero-order valence-corrected chi connectivity index (χ0v) is 22.1. The number of nitrogens with zero attached hydrogens (tertiary/aromatic N) is 3. The van der Waals surface area contributed by atoms with E-state index in [1.807, 2.05) is 0 Å². The van der Waals surface area contributed by atoms with Crippen LogP contribution in [-0.2, 0) is 16.1 Å². The first kappa shape index (κ1) is 28.8. The largest absolute Gasteiger partial charge is 0.444 e. The number of rotatable bonds is 9. The Labute approximate surface area is 214 Å². The average Bonchev–Trinajstić information content (AvgIpc) is 2.76. The fourth-order valence-corrected chi connectivity index (χ4v) is 3.51. The van der Waals surface area contributed by atoms with Gasteiger partial charge in [-0.3, -0.25) is 24.0 Å². The van der Waals surface area contributed by atoms with Crippen molar-refractivity contribution < 1.29 is 19.1 Å². The number of aromatic amines is 1. The third-order valence-corrected chi connectivity index (χ3v) is 5.60. The number of thiol groups is 1. The highest BCUT2D eigenvalue weighted by molar-refractivity contribution is 7.80. The average molecular weight is 523 g/mol. The molecule has 0 fully saturated rings. The highest BCUT2D eigenvalue weighted by Crippen LogP contribution is 2.13. The number of alkyl carbamates (subject to hydrolysis) is 1. The van der Waals surface area contributed by atoms with E-state index >= 15 is 0 Å². The maximum absolute atomic E-state index is 13.4. The van der Waals surface area contributed by atoms with Crippen LogP contribution in [0, 0.1) is 6.92 Å². The van der Waals surface area contributed by atoms with E-state index < -0.39 is 34.9 Å². The zero-order valence-electron chi connectivity index (χ0n) is 21.2. The Kier molecular flexibility index (Phi) is 9.56. The van der Waals surface area contributed by atoms with E-state index in [1.165, 1.54) is 20.6 Å². The minimum Gasteiger partial charge on any atom is -0.444 e. The Morgan fingerprint density at radius 2 is 1.83 bits per heavy atom. The molecule has 12 nitrogen and oxygen atoms in total. The van der Waals surface area contributed by atoms with Crippen molar-refractivity contribution in [1.29, 1.82) is 0 Å². The second-order valence-corrected chi connectivity index (χ2v) is 9.75. The number of amides is 4. The standard InChI is InChI=1S/C23H34N6O6S/c1-14-11-28(20(32)24-16(14)3)9-7-27(8-10-29-12-15(2)18(30)26-21(29)33)19(31)17(13-36)25-22(34)35-23(4,5)6/h11-12,17,36H,3,7-10,13H2,1-2,4-6H3,(H,24,32)(H,25,34)(H,26,30,33). The van der Waals surface area contributed by atoms with Gasteiger partial charge in [-0.05, 0) is 40.2 Å². The summed E-state index contributed by atoms with van der Waals surface area (Å²) in [7, 11) is 0. The number of aryl methyl sites for hydroxylation is 1. The predicted octanol–water partition coefficient (Wildman–Crippen LogP) is 0.939. The predicted molar refractivity (Wildman–Crippen MR) is 138 cm³/mol. The zero-order chi connectivity index (χ0) is 27.2. The van der Waals surface area contributed by atoms with Gasteiger partial charge in [0.2, 0.25) is 5.91 Å². The van der Waals surface area contributed by atoms with E-state index in [9.17, 15) is 24.0 Å². The SMILES string of the molecule is C=C1NC(=O)N(CCN(CCn2cc(C)c(=O)[nH]c2=O)C(=O)C(CS)NC(=O)OC(C)(C)C)C=C1C. The molecule has 0 aromatic carbocycles. The van der Waals surface area contributed by atoms with Gasteiger partial charge in [0.25, 0.3) is 5.56 Å². The van der Waals surface area contributed by atoms with Crippen molar-refractivity contribution in [3.8, 4) is 0 Å². The fourth-order valence-electron chi connectivity index (χ4n) is 3.27. The molecule has 1 unspecified atom stereocenters. The quantitative estimate of drug-likeness (QED) is 0.355. The molecule has 0 saturated carbocycles. The second kappa shape index (κ2) is 12.0. The van der Waals surface area contributed by atoms with Crippen LogP contribution in [0.2, 0.25) is 0 Å². The molecule has 36 heavy (non-hydrogen) atoms. The van der Waals surface area contributed by atoms with Crippen molar-refractivity contribution in [2.45, 2.75) is 52.8 Å². The molecule has 198 valence electrons. The van der Waals surface area contributed by atoms with E-state index in [0.29, 0.717) is 11.3 Å². The van der Waals surface area contributed by atoms with Gasteiger partial charge >= 0.3 is 17.8 Å². The van der Waals surface area contributed by atoms with E-state index in [2.05, 4.69) is 34.8 Å². The van der Waals surface area contributed by atoms with Gasteiger partial charge in [-0.25, -0.2) is 14.4 Å². The molecule has 13 heteroatoms. The molecule has 0 saturated heterocycles. The van der Waals surface area contributed by atoms with Crippen LogP contribution in [0.4, 0.5) is 9.59 Å². The summed E-state index contributed by atoms with van der Waals surface area (Å²) in [6.45, 7) is 12.6. The van der Waals surface area contributed by atoms with Crippen LogP contribution in [0.15, 0.2) is 39.8 Å². The topological polar surface area (TPSA) is 146 Å². The smallest absolute Gasteiger partial charge is 0.408 e. The fraction of sp³-hybridized carbons (Fsp3) is 0.522. The van der Waals surface area contributed by atoms with Crippen molar-refractivity contribution in [1.82, 2.24) is 30.0 Å². The van der Waals surface area contributed by atoms with Crippen molar-refractivity contribution in [3.05, 3.63) is 56.6 Å². The summed E-state index contributed by atoms with van der Waals surface area (Å²) in [5.41, 5.74) is -0.245. The van der Waals surface area contributed by atoms with Gasteiger partial charge < -0.3 is 20.3 Å². The van der Waals surface area contributed by atoms with Crippen molar-refractivity contribution in [2.24, 2.45) is 0 Å². The Balaban J connectivity index is 2.23. The molecule has 0 spiro atoms. The number of allylic oxidation sites excluding steroid dienone is 1. The third kappa shape index (κ3) is 8.04. The van der Waals surface area contributed by atoms with E-state index in [-0.39, 0.29) is 38.0 Å². The first-order valence-corrected chi connectivity index (χ1v) is 12.0. The minimum absolute atomic E-state index is 0.00464. The van der Waals surface area contributed by atoms with Gasteiger partial charge in [-0.2, -0.15) is 12.6 Å². The van der Waals surface area contributed by atoms with Crippen LogP contribution in [-0.4, -0.2) is 74.4 Å². The molecule has 4 amide bonds. The van der Waals surface area contributed by atoms with E-state index in [1.54, 1.807) is 40.8 Å². The minimum atomic E-state index is -1.01. The lowest BCUT2D eigenvalue weighted by Gasteiger charge is -2.31. The molecule has 2 rings (SSSR count). The summed E-state index contributed by atoms with van der Waals surface area (Å²) in [6, 6.07) is -1.40. The molecule has 1 aromatic heterocycles. The number of ether oxygens (including phenoxy) is 1. The molecule has 0 aliphatic carbocycles. The molecule has 3 N–H and O–H groups in total. The highest BCUT2D eigenvalue weighted by Gasteiger charge is 2.28. The number of carbonyl (C=O) groups excluding carboxylic acids is 3. The summed E-state index contributed by atoms with van der Waals surface area (Å²) in [6.07, 6.45) is 2.28. The number of urea groups is 1. The Hall–Kier alpha value is -3.48. The summed E-state index contributed by atoms with van der Waals surface area (Å²) in [5, 5.41) is 5.17. The number of hydrogen-bond acceptors (Lipinski definition) is 7. The number of nitrogens with one attached hydrogen (secondary N) is 3. The van der Waals surface area contributed by atoms with Crippen LogP contribution in [0.1, 0.15) is 33.3 Å². The monoisotopic (exact) mass is 522 g/mol. The summed E-state index contributed by atoms with van der Waals surface area (Å²) < 4.78 is 6.54. The molecule has 1 aliphatic rings. The molecular formula is C23H34N6O6S. The Morgan fingerprint density at radius 1 is 1.19 bits per heavy atom. The maximum Gasteiger partial charge on any atom is 0.408 e. The molecular weight excluding hydrogens is 488 g/mol. The second-order valence-electron chi connectivity index (χ2n) is 9.39. The van der Waals surface area contributed by atoms with Gasteiger partial charge in [-0.1, -0.05) is 6.58 Å². The van der Waals surface area contributed by atoms with E-state index in [4.69, 9.17) is 4.74 Å². The highest BCUT2D eigenvalue weighted by atomic mass is 32.1. The molecule has 0 bridgehead atoms. The van der Waals surface area contributed by atoms with Gasteiger partial charge in [-0.15, -0.1) is 0 Å². The lowest BCUT2D eigenvalue weighted by atomic mass is 10.2. The molecule has 1 aromatic rings. The van der Waals surface area contributed by atoms with Gasteiger partial charge in [0.15, 0.2) is 0 Å². The lowest BCUT2D eigenvalue weighted by molar-refractivity contribution is -0.133. The van der Waals surface area contributed by atoms with E-state index in [0.717, 1.165) is 5.57 Å². The third-order valence-electron chi connectivity index (χ3n) is 5.24. The number of hydrogen-bond donors (Lipinski definition) is 4. The summed E-state index contributed by atoms with van der Waals surface area (Å²) in [5.74, 6) is -0.470. The summed E-state index contributed by atoms with van der Waals surface area (Å²) in [4.78, 5) is 66.9. The van der Waals surface area contributed by atoms with Gasteiger partial charge in [0.05, 0.1) is 0 Å². The first-order valence-electron chi connectivity index (χ1n) is 11.4. The van der Waals surface area contributed by atoms with Gasteiger partial charge in [0.1, 0.15) is 11.6 Å². The Morgan fingerprint density at radius 3 is 2.44 bits per heavy atom. The Bertz CT molecular complexity index is 1160. The number of aromatic nitrogens is 2. The van der Waals surface area contributed by atoms with Crippen molar-refractivity contribution >= 4 is 30.7 Å². The van der Waals surface area contributed by atoms with Crippen LogP contribution in [0.3, 0.4) is 0 Å². The van der Waals surface area contributed by atoms with Crippen LogP contribution in [0.5, 0.6) is 0 Å².